The molecule has 0 atom stereocenters. The number of anilines is 1. The van der Waals surface area contributed by atoms with Crippen molar-refractivity contribution >= 4 is 15.8 Å². The number of fused-ring (bicyclic) bond motifs is 1. The fraction of sp³-hybridized carbons (Fsp3) is 0.773. The number of piperazine rings is 1. The first-order valence-electron chi connectivity index (χ1n) is 11.4. The Bertz CT molecular complexity index is 814. The number of pyridine rings is 1. The molecular formula is C22H36N4O3S. The highest BCUT2D eigenvalue weighted by atomic mass is 32.2. The van der Waals surface area contributed by atoms with Gasteiger partial charge in [-0.2, -0.15) is 0 Å². The minimum atomic E-state index is -3.07. The third kappa shape index (κ3) is 5.08. The molecule has 0 N–H and O–H groups in total. The number of aromatic nitrogens is 1. The zero-order chi connectivity index (χ0) is 21.1. The van der Waals surface area contributed by atoms with Crippen LogP contribution in [0.15, 0.2) is 12.3 Å². The van der Waals surface area contributed by atoms with E-state index in [1.165, 1.54) is 29.1 Å². The van der Waals surface area contributed by atoms with Gasteiger partial charge in [0.2, 0.25) is 10.0 Å². The molecule has 2 fully saturated rings. The second-order valence-corrected chi connectivity index (χ2v) is 11.5. The molecule has 3 heterocycles. The van der Waals surface area contributed by atoms with Crippen LogP contribution in [0.1, 0.15) is 37.7 Å². The summed E-state index contributed by atoms with van der Waals surface area (Å²) in [5, 5.41) is 0. The minimum absolute atomic E-state index is 0.316. The van der Waals surface area contributed by atoms with E-state index in [9.17, 15) is 8.42 Å². The van der Waals surface area contributed by atoms with Gasteiger partial charge in [-0.3, -0.25) is 4.90 Å². The molecule has 8 heteroatoms. The van der Waals surface area contributed by atoms with Crippen molar-refractivity contribution in [3.63, 3.8) is 0 Å². The molecule has 1 aliphatic carbocycles. The lowest BCUT2D eigenvalue weighted by molar-refractivity contribution is 0.208. The number of hydrogen-bond acceptors (Lipinski definition) is 6. The molecular weight excluding hydrogens is 400 g/mol. The number of rotatable bonds is 7. The standard InChI is InChI=1S/C22H36N4O3S/c1-24(2)30(27,28)17-19-5-3-18(4-6-19)8-11-25-12-14-26(15-13-25)22-20-9-16-29-21(20)7-10-23-22/h7,10,18-19H,3-6,8-9,11-17H2,1-2H3. The number of nitrogens with zero attached hydrogens (tertiary/aromatic N) is 4. The summed E-state index contributed by atoms with van der Waals surface area (Å²) in [7, 11) is 0.200. The quantitative estimate of drug-likeness (QED) is 0.653. The van der Waals surface area contributed by atoms with Gasteiger partial charge in [-0.05, 0) is 43.7 Å². The van der Waals surface area contributed by atoms with E-state index in [-0.39, 0.29) is 0 Å². The smallest absolute Gasteiger partial charge is 0.213 e. The monoisotopic (exact) mass is 436 g/mol. The van der Waals surface area contributed by atoms with Crippen molar-refractivity contribution in [2.75, 3.05) is 64.1 Å². The molecule has 0 amide bonds. The number of sulfonamides is 1. The molecule has 0 unspecified atom stereocenters. The van der Waals surface area contributed by atoms with Crippen LogP contribution >= 0.6 is 0 Å². The fourth-order valence-electron chi connectivity index (χ4n) is 5.05. The van der Waals surface area contributed by atoms with E-state index in [2.05, 4.69) is 14.8 Å². The van der Waals surface area contributed by atoms with E-state index in [0.29, 0.717) is 11.7 Å². The van der Waals surface area contributed by atoms with Crippen LogP contribution in [0.25, 0.3) is 0 Å². The topological polar surface area (TPSA) is 66.0 Å². The normalized spacial score (nSPS) is 25.4. The molecule has 7 nitrogen and oxygen atoms in total. The van der Waals surface area contributed by atoms with Crippen LogP contribution in [-0.4, -0.2) is 81.8 Å². The molecule has 30 heavy (non-hydrogen) atoms. The maximum atomic E-state index is 12.1. The molecule has 2 aliphatic heterocycles. The summed E-state index contributed by atoms with van der Waals surface area (Å²) >= 11 is 0. The van der Waals surface area contributed by atoms with Crippen molar-refractivity contribution in [2.24, 2.45) is 11.8 Å². The van der Waals surface area contributed by atoms with Crippen molar-refractivity contribution in [3.05, 3.63) is 17.8 Å². The predicted molar refractivity (Wildman–Crippen MR) is 120 cm³/mol. The molecule has 168 valence electrons. The zero-order valence-corrected chi connectivity index (χ0v) is 19.2. The van der Waals surface area contributed by atoms with E-state index >= 15 is 0 Å². The molecule has 0 radical (unpaired) electrons. The second kappa shape index (κ2) is 9.40. The van der Waals surface area contributed by atoms with Crippen LogP contribution in [0.4, 0.5) is 5.82 Å². The van der Waals surface area contributed by atoms with Gasteiger partial charge in [0.25, 0.3) is 0 Å². The van der Waals surface area contributed by atoms with Crippen LogP contribution in [0, 0.1) is 11.8 Å². The van der Waals surface area contributed by atoms with Crippen molar-refractivity contribution in [2.45, 2.75) is 38.5 Å². The lowest BCUT2D eigenvalue weighted by Crippen LogP contribution is -2.47. The zero-order valence-electron chi connectivity index (χ0n) is 18.4. The molecule has 3 aliphatic rings. The summed E-state index contributed by atoms with van der Waals surface area (Å²) in [4.78, 5) is 9.64. The summed E-state index contributed by atoms with van der Waals surface area (Å²) in [6.45, 7) is 6.16. The molecule has 0 spiro atoms. The second-order valence-electron chi connectivity index (χ2n) is 9.27. The number of ether oxygens (including phenoxy) is 1. The van der Waals surface area contributed by atoms with Crippen LogP contribution in [0.3, 0.4) is 0 Å². The average molecular weight is 437 g/mol. The van der Waals surface area contributed by atoms with Gasteiger partial charge in [-0.25, -0.2) is 17.7 Å². The molecule has 4 rings (SSSR count). The summed E-state index contributed by atoms with van der Waals surface area (Å²) in [5.41, 5.74) is 1.28. The SMILES string of the molecule is CN(C)S(=O)(=O)CC1CCC(CCN2CCN(c3nccc4c3CCO4)CC2)CC1. The summed E-state index contributed by atoms with van der Waals surface area (Å²) in [5.74, 6) is 3.53. The van der Waals surface area contributed by atoms with Gasteiger partial charge in [0.15, 0.2) is 0 Å². The van der Waals surface area contributed by atoms with E-state index in [1.54, 1.807) is 14.1 Å². The third-order valence-electron chi connectivity index (χ3n) is 7.09. The molecule has 0 bridgehead atoms. The van der Waals surface area contributed by atoms with E-state index in [0.717, 1.165) is 76.1 Å². The third-order valence-corrected chi connectivity index (χ3v) is 9.10. The van der Waals surface area contributed by atoms with Gasteiger partial charge in [-0.1, -0.05) is 12.8 Å². The molecule has 0 aromatic carbocycles. The van der Waals surface area contributed by atoms with Gasteiger partial charge in [-0.15, -0.1) is 0 Å². The van der Waals surface area contributed by atoms with E-state index in [1.807, 2.05) is 12.3 Å². The lowest BCUT2D eigenvalue weighted by atomic mass is 9.81. The average Bonchev–Trinajstić information content (AvgIpc) is 3.22. The first-order valence-corrected chi connectivity index (χ1v) is 13.0. The van der Waals surface area contributed by atoms with Gasteiger partial charge in [0.05, 0.1) is 12.4 Å². The van der Waals surface area contributed by atoms with Gasteiger partial charge >= 0.3 is 0 Å². The highest BCUT2D eigenvalue weighted by molar-refractivity contribution is 7.89. The van der Waals surface area contributed by atoms with Gasteiger partial charge in [0.1, 0.15) is 11.6 Å². The first-order chi connectivity index (χ1) is 14.4. The summed E-state index contributed by atoms with van der Waals surface area (Å²) in [6, 6.07) is 1.98. The molecule has 1 aromatic heterocycles. The predicted octanol–water partition coefficient (Wildman–Crippen LogP) is 2.23. The van der Waals surface area contributed by atoms with Crippen LogP contribution < -0.4 is 9.64 Å². The summed E-state index contributed by atoms with van der Waals surface area (Å²) < 4.78 is 31.3. The van der Waals surface area contributed by atoms with E-state index < -0.39 is 10.0 Å². The van der Waals surface area contributed by atoms with E-state index in [4.69, 9.17) is 4.74 Å². The Balaban J connectivity index is 1.18. The Hall–Kier alpha value is -1.38. The van der Waals surface area contributed by atoms with Gasteiger partial charge < -0.3 is 9.64 Å². The van der Waals surface area contributed by atoms with Gasteiger partial charge in [0, 0.05) is 58.5 Å². The largest absolute Gasteiger partial charge is 0.493 e. The van der Waals surface area contributed by atoms with Crippen LogP contribution in [-0.2, 0) is 16.4 Å². The minimum Gasteiger partial charge on any atom is -0.493 e. The van der Waals surface area contributed by atoms with Crippen molar-refractivity contribution in [1.29, 1.82) is 0 Å². The van der Waals surface area contributed by atoms with Crippen molar-refractivity contribution < 1.29 is 13.2 Å². The summed E-state index contributed by atoms with van der Waals surface area (Å²) in [6.07, 6.45) is 8.53. The molecule has 1 saturated heterocycles. The Kier molecular flexibility index (Phi) is 6.85. The lowest BCUT2D eigenvalue weighted by Gasteiger charge is -2.37. The van der Waals surface area contributed by atoms with Crippen molar-refractivity contribution in [1.82, 2.24) is 14.2 Å². The maximum absolute atomic E-state index is 12.1. The molecule has 1 aromatic rings. The Morgan fingerprint density at radius 1 is 1.10 bits per heavy atom. The highest BCUT2D eigenvalue weighted by Gasteiger charge is 2.28. The van der Waals surface area contributed by atoms with Crippen molar-refractivity contribution in [3.8, 4) is 5.75 Å². The number of hydrogen-bond donors (Lipinski definition) is 0. The highest BCUT2D eigenvalue weighted by Crippen LogP contribution is 2.33. The van der Waals surface area contributed by atoms with Crippen LogP contribution in [0.5, 0.6) is 5.75 Å². The first kappa shape index (κ1) is 21.8. The maximum Gasteiger partial charge on any atom is 0.213 e. The Morgan fingerprint density at radius 3 is 2.50 bits per heavy atom. The Morgan fingerprint density at radius 2 is 1.80 bits per heavy atom. The Labute approximate surface area is 181 Å². The molecule has 1 saturated carbocycles. The fourth-order valence-corrected chi connectivity index (χ4v) is 6.28. The van der Waals surface area contributed by atoms with Crippen LogP contribution in [0.2, 0.25) is 0 Å².